The van der Waals surface area contributed by atoms with Crippen LogP contribution in [0, 0.1) is 12.3 Å². The van der Waals surface area contributed by atoms with E-state index in [9.17, 15) is 0 Å². The van der Waals surface area contributed by atoms with Crippen LogP contribution in [0.2, 0.25) is 0 Å². The maximum atomic E-state index is 9.13. The van der Waals surface area contributed by atoms with Crippen molar-refractivity contribution in [2.24, 2.45) is 0 Å². The highest BCUT2D eigenvalue weighted by molar-refractivity contribution is 4.86. The van der Waals surface area contributed by atoms with Crippen LogP contribution >= 0.6 is 0 Å². The zero-order valence-corrected chi connectivity index (χ0v) is 6.64. The summed E-state index contributed by atoms with van der Waals surface area (Å²) in [6, 6.07) is 0. The molecule has 1 atom stereocenters. The Morgan fingerprint density at radius 3 is 2.70 bits per heavy atom. The molecule has 0 amide bonds. The van der Waals surface area contributed by atoms with Gasteiger partial charge in [0.15, 0.2) is 0 Å². The largest absolute Gasteiger partial charge is 0.392 e. The minimum Gasteiger partial charge on any atom is -0.392 e. The molecule has 0 radical (unpaired) electrons. The molecule has 0 fully saturated rings. The lowest BCUT2D eigenvalue weighted by Crippen LogP contribution is -2.03. The van der Waals surface area contributed by atoms with Gasteiger partial charge in [0, 0.05) is 6.42 Å². The fraction of sp³-hybridized carbons (Fsp3) is 0.778. The maximum Gasteiger partial charge on any atom is 0.0649 e. The highest BCUT2D eigenvalue weighted by Gasteiger charge is 1.99. The fourth-order valence-electron chi connectivity index (χ4n) is 0.868. The minimum absolute atomic E-state index is 0.267. The Morgan fingerprint density at radius 2 is 2.20 bits per heavy atom. The quantitative estimate of drug-likeness (QED) is 0.457. The standard InChI is InChI=1S/C9H16O/c1-3-5-6-8-9(10)7-4-2/h2,9-10H,3,5-8H2,1H3/t9-/m0/s1. The number of unbranched alkanes of at least 4 members (excludes halogenated alkanes) is 2. The molecule has 0 aromatic heterocycles. The van der Waals surface area contributed by atoms with Gasteiger partial charge in [-0.2, -0.15) is 0 Å². The van der Waals surface area contributed by atoms with E-state index in [0.29, 0.717) is 6.42 Å². The van der Waals surface area contributed by atoms with Crippen LogP contribution in [0.25, 0.3) is 0 Å². The van der Waals surface area contributed by atoms with Crippen LogP contribution < -0.4 is 0 Å². The maximum absolute atomic E-state index is 9.13. The molecule has 1 heteroatoms. The van der Waals surface area contributed by atoms with E-state index in [1.54, 1.807) is 0 Å². The molecule has 1 nitrogen and oxygen atoms in total. The highest BCUT2D eigenvalue weighted by atomic mass is 16.3. The van der Waals surface area contributed by atoms with Crippen LogP contribution in [0.4, 0.5) is 0 Å². The number of aliphatic hydroxyl groups is 1. The van der Waals surface area contributed by atoms with Crippen LogP contribution in [-0.2, 0) is 0 Å². The Balaban J connectivity index is 3.06. The van der Waals surface area contributed by atoms with Crippen LogP contribution in [0.3, 0.4) is 0 Å². The van der Waals surface area contributed by atoms with Gasteiger partial charge >= 0.3 is 0 Å². The SMILES string of the molecule is C#CC[C@H](O)CCCCC. The smallest absolute Gasteiger partial charge is 0.0649 e. The molecule has 0 unspecified atom stereocenters. The van der Waals surface area contributed by atoms with Crippen molar-refractivity contribution in [2.75, 3.05) is 0 Å². The normalized spacial score (nSPS) is 12.5. The van der Waals surface area contributed by atoms with Gasteiger partial charge in [-0.25, -0.2) is 0 Å². The summed E-state index contributed by atoms with van der Waals surface area (Å²) in [4.78, 5) is 0. The van der Waals surface area contributed by atoms with Crippen LogP contribution in [0.1, 0.15) is 39.0 Å². The van der Waals surface area contributed by atoms with E-state index in [2.05, 4.69) is 12.8 Å². The third-order valence-corrected chi connectivity index (χ3v) is 1.49. The summed E-state index contributed by atoms with van der Waals surface area (Å²) in [5, 5.41) is 9.13. The summed E-state index contributed by atoms with van der Waals surface area (Å²) >= 11 is 0. The summed E-state index contributed by atoms with van der Waals surface area (Å²) in [6.45, 7) is 2.15. The Hall–Kier alpha value is -0.480. The molecule has 0 saturated carbocycles. The molecule has 0 saturated heterocycles. The zero-order valence-electron chi connectivity index (χ0n) is 6.64. The first-order valence-electron chi connectivity index (χ1n) is 3.92. The van der Waals surface area contributed by atoms with Gasteiger partial charge in [-0.3, -0.25) is 0 Å². The average Bonchev–Trinajstić information content (AvgIpc) is 1.89. The molecule has 0 aromatic carbocycles. The van der Waals surface area contributed by atoms with Crippen molar-refractivity contribution in [3.63, 3.8) is 0 Å². The molecule has 58 valence electrons. The molecule has 0 rings (SSSR count). The Bertz CT molecular complexity index is 102. The summed E-state index contributed by atoms with van der Waals surface area (Å²) in [5.41, 5.74) is 0. The van der Waals surface area contributed by atoms with Gasteiger partial charge in [-0.1, -0.05) is 26.2 Å². The van der Waals surface area contributed by atoms with Gasteiger partial charge in [0.2, 0.25) is 0 Å². The number of hydrogen-bond acceptors (Lipinski definition) is 1. The first kappa shape index (κ1) is 9.52. The van der Waals surface area contributed by atoms with E-state index < -0.39 is 0 Å². The van der Waals surface area contributed by atoms with Gasteiger partial charge < -0.3 is 5.11 Å². The molecule has 0 aliphatic carbocycles. The Labute approximate surface area is 63.5 Å². The molecule has 0 aromatic rings. The first-order valence-corrected chi connectivity index (χ1v) is 3.92. The van der Waals surface area contributed by atoms with E-state index in [-0.39, 0.29) is 6.10 Å². The second-order valence-electron chi connectivity index (χ2n) is 2.56. The average molecular weight is 140 g/mol. The second-order valence-corrected chi connectivity index (χ2v) is 2.56. The molecular formula is C9H16O. The first-order chi connectivity index (χ1) is 4.81. The lowest BCUT2D eigenvalue weighted by Gasteiger charge is -2.04. The highest BCUT2D eigenvalue weighted by Crippen LogP contribution is 2.04. The third-order valence-electron chi connectivity index (χ3n) is 1.49. The van der Waals surface area contributed by atoms with Crippen molar-refractivity contribution in [1.29, 1.82) is 0 Å². The molecule has 0 aliphatic rings. The molecular weight excluding hydrogens is 124 g/mol. The molecule has 0 heterocycles. The molecule has 0 spiro atoms. The zero-order chi connectivity index (χ0) is 7.82. The number of hydrogen-bond donors (Lipinski definition) is 1. The predicted octanol–water partition coefficient (Wildman–Crippen LogP) is 1.95. The lowest BCUT2D eigenvalue weighted by molar-refractivity contribution is 0.166. The summed E-state index contributed by atoms with van der Waals surface area (Å²) in [5.74, 6) is 2.44. The third kappa shape index (κ3) is 5.65. The van der Waals surface area contributed by atoms with Gasteiger partial charge in [0.05, 0.1) is 6.10 Å². The van der Waals surface area contributed by atoms with Crippen molar-refractivity contribution in [1.82, 2.24) is 0 Å². The van der Waals surface area contributed by atoms with Crippen LogP contribution in [-0.4, -0.2) is 11.2 Å². The van der Waals surface area contributed by atoms with E-state index in [1.807, 2.05) is 0 Å². The summed E-state index contributed by atoms with van der Waals surface area (Å²) < 4.78 is 0. The van der Waals surface area contributed by atoms with Crippen LogP contribution in [0.5, 0.6) is 0 Å². The van der Waals surface area contributed by atoms with E-state index >= 15 is 0 Å². The van der Waals surface area contributed by atoms with Crippen molar-refractivity contribution >= 4 is 0 Å². The molecule has 10 heavy (non-hydrogen) atoms. The summed E-state index contributed by atoms with van der Waals surface area (Å²) in [6.07, 6.45) is 9.61. The van der Waals surface area contributed by atoms with E-state index in [1.165, 1.54) is 12.8 Å². The monoisotopic (exact) mass is 140 g/mol. The Morgan fingerprint density at radius 1 is 1.50 bits per heavy atom. The number of rotatable bonds is 5. The van der Waals surface area contributed by atoms with Crippen molar-refractivity contribution in [3.05, 3.63) is 0 Å². The second kappa shape index (κ2) is 6.64. The topological polar surface area (TPSA) is 20.2 Å². The van der Waals surface area contributed by atoms with E-state index in [4.69, 9.17) is 11.5 Å². The van der Waals surface area contributed by atoms with Gasteiger partial charge in [0.1, 0.15) is 0 Å². The minimum atomic E-state index is -0.267. The fourth-order valence-corrected chi connectivity index (χ4v) is 0.868. The summed E-state index contributed by atoms with van der Waals surface area (Å²) in [7, 11) is 0. The molecule has 0 aliphatic heterocycles. The van der Waals surface area contributed by atoms with Gasteiger partial charge in [-0.05, 0) is 6.42 Å². The van der Waals surface area contributed by atoms with Crippen molar-refractivity contribution < 1.29 is 5.11 Å². The lowest BCUT2D eigenvalue weighted by atomic mass is 10.1. The van der Waals surface area contributed by atoms with Crippen molar-refractivity contribution in [3.8, 4) is 12.3 Å². The number of aliphatic hydroxyl groups excluding tert-OH is 1. The van der Waals surface area contributed by atoms with Crippen molar-refractivity contribution in [2.45, 2.75) is 45.1 Å². The Kier molecular flexibility index (Phi) is 6.32. The predicted molar refractivity (Wildman–Crippen MR) is 43.6 cm³/mol. The molecule has 0 bridgehead atoms. The van der Waals surface area contributed by atoms with Gasteiger partial charge in [0.25, 0.3) is 0 Å². The number of terminal acetylenes is 1. The van der Waals surface area contributed by atoms with Gasteiger partial charge in [-0.15, -0.1) is 12.3 Å². The molecule has 1 N–H and O–H groups in total. The van der Waals surface area contributed by atoms with E-state index in [0.717, 1.165) is 12.8 Å². The van der Waals surface area contributed by atoms with Crippen LogP contribution in [0.15, 0.2) is 0 Å².